The highest BCUT2D eigenvalue weighted by Gasteiger charge is 2.28. The van der Waals surface area contributed by atoms with Crippen molar-refractivity contribution in [1.29, 1.82) is 0 Å². The van der Waals surface area contributed by atoms with Crippen molar-refractivity contribution in [2.75, 3.05) is 0 Å². The van der Waals surface area contributed by atoms with Gasteiger partial charge in [-0.1, -0.05) is 30.7 Å². The fraction of sp³-hybridized carbons (Fsp3) is 0.267. The molecule has 0 amide bonds. The first-order chi connectivity index (χ1) is 9.46. The number of nitrogens with zero attached hydrogens (tertiary/aromatic N) is 1. The van der Waals surface area contributed by atoms with Crippen molar-refractivity contribution in [3.8, 4) is 0 Å². The molecule has 1 unspecified atom stereocenters. The Balaban J connectivity index is 2.36. The third kappa shape index (κ3) is 2.97. The maximum atomic E-state index is 14.0. The molecule has 0 fully saturated rings. The van der Waals surface area contributed by atoms with Crippen LogP contribution in [0.5, 0.6) is 0 Å². The second-order valence-corrected chi connectivity index (χ2v) is 5.17. The van der Waals surface area contributed by atoms with Crippen LogP contribution in [0.2, 0.25) is 5.02 Å². The van der Waals surface area contributed by atoms with Gasteiger partial charge in [0.15, 0.2) is 0 Å². The van der Waals surface area contributed by atoms with Gasteiger partial charge in [-0.15, -0.1) is 0 Å². The summed E-state index contributed by atoms with van der Waals surface area (Å²) in [5.41, 5.74) is 6.42. The van der Waals surface area contributed by atoms with E-state index in [2.05, 4.69) is 4.98 Å². The zero-order valence-corrected chi connectivity index (χ0v) is 11.8. The molecular formula is C15H15ClF2N2. The molecule has 2 aromatic rings. The lowest BCUT2D eigenvalue weighted by molar-refractivity contribution is 0.403. The second-order valence-electron chi connectivity index (χ2n) is 4.76. The van der Waals surface area contributed by atoms with Gasteiger partial charge in [-0.05, 0) is 36.6 Å². The van der Waals surface area contributed by atoms with Gasteiger partial charge >= 0.3 is 0 Å². The third-order valence-electron chi connectivity index (χ3n) is 3.41. The monoisotopic (exact) mass is 296 g/mol. The lowest BCUT2D eigenvalue weighted by Crippen LogP contribution is -2.39. The lowest BCUT2D eigenvalue weighted by atomic mass is 9.85. The molecule has 0 aliphatic heterocycles. The molecule has 2 nitrogen and oxygen atoms in total. The van der Waals surface area contributed by atoms with E-state index in [0.29, 0.717) is 17.7 Å². The van der Waals surface area contributed by atoms with Crippen molar-refractivity contribution in [1.82, 2.24) is 4.98 Å². The number of rotatable bonds is 4. The van der Waals surface area contributed by atoms with Gasteiger partial charge < -0.3 is 5.73 Å². The zero-order valence-electron chi connectivity index (χ0n) is 11.0. The van der Waals surface area contributed by atoms with E-state index in [1.807, 2.05) is 6.92 Å². The molecule has 106 valence electrons. The van der Waals surface area contributed by atoms with Crippen LogP contribution in [0.3, 0.4) is 0 Å². The Kier molecular flexibility index (Phi) is 4.35. The van der Waals surface area contributed by atoms with Crippen LogP contribution in [0.4, 0.5) is 8.78 Å². The van der Waals surface area contributed by atoms with E-state index < -0.39 is 17.2 Å². The molecule has 1 atom stereocenters. The van der Waals surface area contributed by atoms with E-state index >= 15 is 0 Å². The molecule has 1 aromatic carbocycles. The molecule has 0 aliphatic carbocycles. The summed E-state index contributed by atoms with van der Waals surface area (Å²) in [4.78, 5) is 4.01. The van der Waals surface area contributed by atoms with E-state index in [-0.39, 0.29) is 11.4 Å². The Hall–Kier alpha value is -1.52. The number of benzene rings is 1. The number of pyridine rings is 1. The Morgan fingerprint density at radius 2 is 2.00 bits per heavy atom. The Labute approximate surface area is 121 Å². The number of nitrogens with two attached hydrogens (primary N) is 1. The molecule has 2 rings (SSSR count). The van der Waals surface area contributed by atoms with Crippen LogP contribution in [-0.4, -0.2) is 4.98 Å². The molecule has 5 heteroatoms. The van der Waals surface area contributed by atoms with E-state index in [1.165, 1.54) is 18.2 Å². The Morgan fingerprint density at radius 1 is 1.25 bits per heavy atom. The van der Waals surface area contributed by atoms with E-state index in [9.17, 15) is 8.78 Å². The predicted octanol–water partition coefficient (Wildman–Crippen LogP) is 3.82. The second kappa shape index (κ2) is 5.85. The van der Waals surface area contributed by atoms with Crippen LogP contribution in [-0.2, 0) is 12.0 Å². The van der Waals surface area contributed by atoms with Crippen molar-refractivity contribution < 1.29 is 8.78 Å². The highest BCUT2D eigenvalue weighted by molar-refractivity contribution is 6.30. The molecule has 0 radical (unpaired) electrons. The first kappa shape index (κ1) is 14.9. The van der Waals surface area contributed by atoms with Crippen LogP contribution in [0, 0.1) is 11.6 Å². The van der Waals surface area contributed by atoms with Gasteiger partial charge in [0, 0.05) is 0 Å². The molecule has 0 aliphatic rings. The molecule has 0 saturated carbocycles. The number of halogens is 3. The molecule has 20 heavy (non-hydrogen) atoms. The topological polar surface area (TPSA) is 38.9 Å². The minimum absolute atomic E-state index is 0.0630. The molecular weight excluding hydrogens is 282 g/mol. The average molecular weight is 297 g/mol. The van der Waals surface area contributed by atoms with Gasteiger partial charge in [-0.25, -0.2) is 8.78 Å². The van der Waals surface area contributed by atoms with E-state index in [1.54, 1.807) is 12.1 Å². The largest absolute Gasteiger partial charge is 0.320 e. The van der Waals surface area contributed by atoms with Crippen LogP contribution >= 0.6 is 11.6 Å². The quantitative estimate of drug-likeness (QED) is 0.931. The zero-order chi connectivity index (χ0) is 14.8. The van der Waals surface area contributed by atoms with Gasteiger partial charge in [0.2, 0.25) is 0 Å². The Morgan fingerprint density at radius 3 is 2.60 bits per heavy atom. The number of hydrogen-bond acceptors (Lipinski definition) is 2. The van der Waals surface area contributed by atoms with Gasteiger partial charge in [0.1, 0.15) is 11.6 Å². The van der Waals surface area contributed by atoms with Crippen LogP contribution in [0.15, 0.2) is 36.5 Å². The first-order valence-corrected chi connectivity index (χ1v) is 6.68. The van der Waals surface area contributed by atoms with E-state index in [0.717, 1.165) is 6.20 Å². The molecule has 2 N–H and O–H groups in total. The van der Waals surface area contributed by atoms with Crippen molar-refractivity contribution in [3.05, 3.63) is 64.4 Å². The summed E-state index contributed by atoms with van der Waals surface area (Å²) >= 11 is 5.77. The maximum absolute atomic E-state index is 14.0. The molecule has 0 saturated heterocycles. The summed E-state index contributed by atoms with van der Waals surface area (Å²) < 4.78 is 26.9. The smallest absolute Gasteiger partial charge is 0.145 e. The maximum Gasteiger partial charge on any atom is 0.145 e. The van der Waals surface area contributed by atoms with Crippen molar-refractivity contribution in [2.45, 2.75) is 25.3 Å². The molecule has 0 bridgehead atoms. The summed E-state index contributed by atoms with van der Waals surface area (Å²) in [5.74, 6) is -0.902. The summed E-state index contributed by atoms with van der Waals surface area (Å²) in [5, 5.41) is 0.0630. The standard InChI is InChI=1S/C15H15ClF2N2/c1-2-15(19,13-7-6-11(17)9-20-13)8-10-4-3-5-12(16)14(10)18/h3-7,9H,2,8,19H2,1H3. The summed E-state index contributed by atoms with van der Waals surface area (Å²) in [6, 6.07) is 7.63. The normalized spacial score (nSPS) is 14.1. The highest BCUT2D eigenvalue weighted by atomic mass is 35.5. The summed E-state index contributed by atoms with van der Waals surface area (Å²) in [6.07, 6.45) is 1.90. The summed E-state index contributed by atoms with van der Waals surface area (Å²) in [6.45, 7) is 1.88. The third-order valence-corrected chi connectivity index (χ3v) is 3.70. The fourth-order valence-corrected chi connectivity index (χ4v) is 2.29. The van der Waals surface area contributed by atoms with Crippen molar-refractivity contribution in [3.63, 3.8) is 0 Å². The SMILES string of the molecule is CCC(N)(Cc1cccc(Cl)c1F)c1ccc(F)cn1. The van der Waals surface area contributed by atoms with Gasteiger partial charge in [-0.3, -0.25) is 4.98 Å². The van der Waals surface area contributed by atoms with Gasteiger partial charge in [0.05, 0.1) is 22.5 Å². The van der Waals surface area contributed by atoms with Gasteiger partial charge in [0.25, 0.3) is 0 Å². The minimum atomic E-state index is -0.862. The number of aromatic nitrogens is 1. The number of hydrogen-bond donors (Lipinski definition) is 1. The minimum Gasteiger partial charge on any atom is -0.320 e. The summed E-state index contributed by atoms with van der Waals surface area (Å²) in [7, 11) is 0. The van der Waals surface area contributed by atoms with Gasteiger partial charge in [-0.2, -0.15) is 0 Å². The van der Waals surface area contributed by atoms with Crippen molar-refractivity contribution in [2.24, 2.45) is 5.73 Å². The lowest BCUT2D eigenvalue weighted by Gasteiger charge is -2.28. The average Bonchev–Trinajstić information content (AvgIpc) is 2.44. The molecule has 0 spiro atoms. The van der Waals surface area contributed by atoms with Crippen LogP contribution < -0.4 is 5.73 Å². The molecule has 1 heterocycles. The Bertz CT molecular complexity index is 601. The first-order valence-electron chi connectivity index (χ1n) is 6.30. The van der Waals surface area contributed by atoms with Crippen LogP contribution in [0.1, 0.15) is 24.6 Å². The highest BCUT2D eigenvalue weighted by Crippen LogP contribution is 2.28. The predicted molar refractivity (Wildman–Crippen MR) is 75.5 cm³/mol. The van der Waals surface area contributed by atoms with E-state index in [4.69, 9.17) is 17.3 Å². The van der Waals surface area contributed by atoms with Crippen molar-refractivity contribution >= 4 is 11.6 Å². The fourth-order valence-electron chi connectivity index (χ4n) is 2.09. The van der Waals surface area contributed by atoms with Crippen LogP contribution in [0.25, 0.3) is 0 Å². The molecule has 1 aromatic heterocycles.